The number of nitrogens with zero attached hydrogens (tertiary/aromatic N) is 4. The zero-order valence-electron chi connectivity index (χ0n) is 22.5. The number of carbonyl (C=O) groups is 2. The second kappa shape index (κ2) is 10.4. The molecule has 5 rings (SSSR count). The summed E-state index contributed by atoms with van der Waals surface area (Å²) in [6.45, 7) is 1.60. The van der Waals surface area contributed by atoms with E-state index in [9.17, 15) is 9.59 Å². The van der Waals surface area contributed by atoms with Gasteiger partial charge in [0.25, 0.3) is 0 Å². The summed E-state index contributed by atoms with van der Waals surface area (Å²) in [5, 5.41) is 0. The van der Waals surface area contributed by atoms with Crippen LogP contribution in [0.1, 0.15) is 56.1 Å². The molecule has 1 aromatic heterocycles. The van der Waals surface area contributed by atoms with E-state index in [0.717, 1.165) is 37.8 Å². The summed E-state index contributed by atoms with van der Waals surface area (Å²) in [5.41, 5.74) is 1.93. The highest BCUT2D eigenvalue weighted by atomic mass is 16.5. The summed E-state index contributed by atoms with van der Waals surface area (Å²) in [5.74, 6) is 1.23. The summed E-state index contributed by atoms with van der Waals surface area (Å²) >= 11 is 0. The quantitative estimate of drug-likeness (QED) is 0.503. The molecule has 2 aliphatic carbocycles. The average molecular weight is 505 g/mol. The van der Waals surface area contributed by atoms with Crippen molar-refractivity contribution in [2.24, 2.45) is 5.92 Å². The van der Waals surface area contributed by atoms with Gasteiger partial charge in [-0.3, -0.25) is 14.7 Å². The second-order valence-electron chi connectivity index (χ2n) is 11.5. The predicted octanol–water partition coefficient (Wildman–Crippen LogP) is 4.51. The summed E-state index contributed by atoms with van der Waals surface area (Å²) < 4.78 is 5.37. The van der Waals surface area contributed by atoms with E-state index in [1.807, 2.05) is 11.0 Å². The minimum atomic E-state index is -0.199. The van der Waals surface area contributed by atoms with Gasteiger partial charge in [-0.15, -0.1) is 0 Å². The van der Waals surface area contributed by atoms with Crippen LogP contribution in [0.5, 0.6) is 5.75 Å². The smallest absolute Gasteiger partial charge is 0.321 e. The number of pyridine rings is 1. The maximum Gasteiger partial charge on any atom is 0.321 e. The van der Waals surface area contributed by atoms with E-state index in [1.165, 1.54) is 24.8 Å². The van der Waals surface area contributed by atoms with Crippen molar-refractivity contribution in [3.05, 3.63) is 59.9 Å². The van der Waals surface area contributed by atoms with Crippen LogP contribution in [0.2, 0.25) is 0 Å². The van der Waals surface area contributed by atoms with Crippen LogP contribution in [-0.2, 0) is 16.8 Å². The maximum atomic E-state index is 13.8. The summed E-state index contributed by atoms with van der Waals surface area (Å²) in [6.07, 6.45) is 11.1. The first-order chi connectivity index (χ1) is 17.9. The molecule has 1 aromatic carbocycles. The molecule has 3 fully saturated rings. The monoisotopic (exact) mass is 504 g/mol. The van der Waals surface area contributed by atoms with Gasteiger partial charge in [0.1, 0.15) is 5.75 Å². The van der Waals surface area contributed by atoms with Crippen molar-refractivity contribution in [1.82, 2.24) is 19.7 Å². The fraction of sp³-hybridized carbons (Fsp3) is 0.567. The Morgan fingerprint density at radius 3 is 2.46 bits per heavy atom. The van der Waals surface area contributed by atoms with Gasteiger partial charge in [-0.1, -0.05) is 36.8 Å². The molecular formula is C30H40N4O3. The van der Waals surface area contributed by atoms with E-state index < -0.39 is 0 Å². The molecule has 7 heteroatoms. The van der Waals surface area contributed by atoms with Crippen molar-refractivity contribution in [2.45, 2.75) is 62.4 Å². The SMILES string of the molecule is COc1cnccc1CC(=O)CN1CC2(CCC(c3ccccc3)(N(C)C)CC2)N(CC2CCC2)C1=O. The topological polar surface area (TPSA) is 66.0 Å². The molecule has 2 heterocycles. The van der Waals surface area contributed by atoms with Crippen molar-refractivity contribution in [1.29, 1.82) is 0 Å². The van der Waals surface area contributed by atoms with Crippen molar-refractivity contribution < 1.29 is 14.3 Å². The number of benzene rings is 1. The third kappa shape index (κ3) is 4.86. The molecule has 2 amide bonds. The molecular weight excluding hydrogens is 464 g/mol. The number of amides is 2. The third-order valence-electron chi connectivity index (χ3n) is 9.24. The molecule has 0 bridgehead atoms. The van der Waals surface area contributed by atoms with E-state index in [0.29, 0.717) is 18.2 Å². The van der Waals surface area contributed by atoms with E-state index in [4.69, 9.17) is 4.74 Å². The number of hydrogen-bond donors (Lipinski definition) is 0. The van der Waals surface area contributed by atoms with Crippen LogP contribution in [0.25, 0.3) is 0 Å². The standard InChI is InChI=1S/C30H40N4O3/c1-32(2)30(25-10-5-4-6-11-25)15-13-29(14-16-30)22-33(28(36)34(29)20-23-8-7-9-23)21-26(35)18-24-12-17-31-19-27(24)37-3/h4-6,10-12,17,19,23H,7-9,13-16,18,20-22H2,1-3H3. The Labute approximate surface area is 220 Å². The van der Waals surface area contributed by atoms with Crippen molar-refractivity contribution >= 4 is 11.8 Å². The molecule has 1 aliphatic heterocycles. The van der Waals surface area contributed by atoms with Gasteiger partial charge in [0.05, 0.1) is 25.4 Å². The highest BCUT2D eigenvalue weighted by molar-refractivity contribution is 5.88. The molecule has 2 aromatic rings. The van der Waals surface area contributed by atoms with Gasteiger partial charge in [-0.2, -0.15) is 0 Å². The van der Waals surface area contributed by atoms with Crippen molar-refractivity contribution in [3.63, 3.8) is 0 Å². The Morgan fingerprint density at radius 1 is 1.11 bits per heavy atom. The molecule has 7 nitrogen and oxygen atoms in total. The van der Waals surface area contributed by atoms with Crippen molar-refractivity contribution in [3.8, 4) is 5.75 Å². The second-order valence-corrected chi connectivity index (χ2v) is 11.5. The van der Waals surface area contributed by atoms with Crippen LogP contribution < -0.4 is 4.74 Å². The Hall–Kier alpha value is -2.93. The molecule has 1 saturated heterocycles. The van der Waals surface area contributed by atoms with Crippen molar-refractivity contribution in [2.75, 3.05) is 40.8 Å². The van der Waals surface area contributed by atoms with Crippen LogP contribution in [0.4, 0.5) is 4.79 Å². The van der Waals surface area contributed by atoms with Gasteiger partial charge in [-0.25, -0.2) is 4.79 Å². The molecule has 3 aliphatic rings. The minimum absolute atomic E-state index is 0.0289. The van der Waals surface area contributed by atoms with Crippen LogP contribution in [-0.4, -0.2) is 77.9 Å². The largest absolute Gasteiger partial charge is 0.495 e. The van der Waals surface area contributed by atoms with E-state index in [2.05, 4.69) is 59.2 Å². The highest BCUT2D eigenvalue weighted by Gasteiger charge is 2.55. The lowest BCUT2D eigenvalue weighted by Crippen LogP contribution is -2.56. The number of hydrogen-bond acceptors (Lipinski definition) is 5. The molecule has 0 radical (unpaired) electrons. The Kier molecular flexibility index (Phi) is 7.26. The average Bonchev–Trinajstić information content (AvgIpc) is 3.12. The number of Topliss-reactive ketones (excluding diaryl/α,β-unsaturated/α-hetero) is 1. The van der Waals surface area contributed by atoms with Gasteiger partial charge >= 0.3 is 6.03 Å². The molecule has 0 N–H and O–H groups in total. The van der Waals surface area contributed by atoms with Crippen LogP contribution >= 0.6 is 0 Å². The molecule has 1 spiro atoms. The van der Waals surface area contributed by atoms with E-state index >= 15 is 0 Å². The first kappa shape index (κ1) is 25.7. The lowest BCUT2D eigenvalue weighted by atomic mass is 9.68. The lowest BCUT2D eigenvalue weighted by Gasteiger charge is -2.51. The highest BCUT2D eigenvalue weighted by Crippen LogP contribution is 2.49. The molecule has 2 saturated carbocycles. The lowest BCUT2D eigenvalue weighted by molar-refractivity contribution is -0.119. The van der Waals surface area contributed by atoms with Gasteiger partial charge in [0.15, 0.2) is 5.78 Å². The number of aromatic nitrogens is 1. The third-order valence-corrected chi connectivity index (χ3v) is 9.24. The predicted molar refractivity (Wildman–Crippen MR) is 144 cm³/mol. The Morgan fingerprint density at radius 2 is 1.84 bits per heavy atom. The Balaban J connectivity index is 1.34. The number of rotatable bonds is 9. The van der Waals surface area contributed by atoms with E-state index in [-0.39, 0.29) is 35.9 Å². The number of urea groups is 1. The van der Waals surface area contributed by atoms with Gasteiger partial charge < -0.3 is 14.5 Å². The van der Waals surface area contributed by atoms with Gasteiger partial charge in [0, 0.05) is 36.8 Å². The summed E-state index contributed by atoms with van der Waals surface area (Å²) in [4.78, 5) is 37.4. The maximum absolute atomic E-state index is 13.8. The van der Waals surface area contributed by atoms with Crippen LogP contribution in [0.3, 0.4) is 0 Å². The van der Waals surface area contributed by atoms with Crippen LogP contribution in [0, 0.1) is 5.92 Å². The fourth-order valence-electron chi connectivity index (χ4n) is 6.73. The molecule has 0 atom stereocenters. The zero-order valence-corrected chi connectivity index (χ0v) is 22.5. The first-order valence-electron chi connectivity index (χ1n) is 13.6. The first-order valence-corrected chi connectivity index (χ1v) is 13.6. The minimum Gasteiger partial charge on any atom is -0.495 e. The molecule has 37 heavy (non-hydrogen) atoms. The van der Waals surface area contributed by atoms with Crippen LogP contribution in [0.15, 0.2) is 48.8 Å². The normalized spacial score (nSPS) is 26.1. The summed E-state index contributed by atoms with van der Waals surface area (Å²) in [7, 11) is 5.94. The van der Waals surface area contributed by atoms with E-state index in [1.54, 1.807) is 19.5 Å². The van der Waals surface area contributed by atoms with Gasteiger partial charge in [-0.05, 0) is 70.2 Å². The zero-order chi connectivity index (χ0) is 26.0. The Bertz CT molecular complexity index is 1110. The number of carbonyl (C=O) groups excluding carboxylic acids is 2. The molecule has 0 unspecified atom stereocenters. The molecule has 198 valence electrons. The van der Waals surface area contributed by atoms with Gasteiger partial charge in [0.2, 0.25) is 0 Å². The summed E-state index contributed by atoms with van der Waals surface area (Å²) in [6, 6.07) is 12.7. The number of ketones is 1. The fourth-order valence-corrected chi connectivity index (χ4v) is 6.73. The number of ether oxygens (including phenoxy) is 1. The number of methoxy groups -OCH3 is 1.